The van der Waals surface area contributed by atoms with Gasteiger partial charge in [0, 0.05) is 31.8 Å². The molecule has 0 saturated carbocycles. The molecule has 0 radical (unpaired) electrons. The average molecular weight is 304 g/mol. The quantitative estimate of drug-likeness (QED) is 0.946. The number of halogens is 2. The van der Waals surface area contributed by atoms with E-state index in [0.29, 0.717) is 18.7 Å². The minimum absolute atomic E-state index is 0.171. The van der Waals surface area contributed by atoms with Gasteiger partial charge < -0.3 is 9.88 Å². The molecule has 3 nitrogen and oxygen atoms in total. The van der Waals surface area contributed by atoms with Crippen LogP contribution in [0.25, 0.3) is 0 Å². The maximum absolute atomic E-state index is 14.1. The number of aromatic nitrogens is 1. The molecule has 2 aromatic rings. The topological polar surface area (TPSA) is 34.0 Å². The molecule has 3 rings (SSSR count). The molecule has 1 aliphatic heterocycles. The van der Waals surface area contributed by atoms with Gasteiger partial charge in [0.25, 0.3) is 11.5 Å². The molecule has 22 heavy (non-hydrogen) atoms. The monoisotopic (exact) mass is 304 g/mol. The molecular formula is C17H18F2N2O. The van der Waals surface area contributed by atoms with Crippen molar-refractivity contribution >= 4 is 0 Å². The summed E-state index contributed by atoms with van der Waals surface area (Å²) in [6.07, 6.45) is 1.40. The zero-order chi connectivity index (χ0) is 15.6. The fraction of sp³-hybridized carbons (Fsp3) is 0.353. The number of pyridine rings is 1. The third kappa shape index (κ3) is 3.09. The molecule has 1 N–H and O–H groups in total. The lowest BCUT2D eigenvalue weighted by Crippen LogP contribution is -2.43. The first-order chi connectivity index (χ1) is 10.6. The van der Waals surface area contributed by atoms with E-state index >= 15 is 0 Å². The van der Waals surface area contributed by atoms with E-state index in [-0.39, 0.29) is 18.5 Å². The van der Waals surface area contributed by atoms with Gasteiger partial charge in [-0.15, -0.1) is 0 Å². The highest BCUT2D eigenvalue weighted by atomic mass is 19.3. The van der Waals surface area contributed by atoms with Crippen LogP contribution in [0.4, 0.5) is 8.78 Å². The van der Waals surface area contributed by atoms with Crippen molar-refractivity contribution in [2.45, 2.75) is 24.8 Å². The molecule has 1 fully saturated rings. The third-order valence-corrected chi connectivity index (χ3v) is 4.10. The first-order valence-electron chi connectivity index (χ1n) is 7.39. The third-order valence-electron chi connectivity index (χ3n) is 4.10. The lowest BCUT2D eigenvalue weighted by Gasteiger charge is -2.32. The van der Waals surface area contributed by atoms with Gasteiger partial charge >= 0.3 is 0 Å². The van der Waals surface area contributed by atoms with Gasteiger partial charge in [-0.05, 0) is 11.1 Å². The first kappa shape index (κ1) is 14.9. The molecule has 0 aliphatic carbocycles. The highest BCUT2D eigenvalue weighted by molar-refractivity contribution is 5.22. The van der Waals surface area contributed by atoms with E-state index in [1.807, 2.05) is 30.3 Å². The SMILES string of the molecule is O=c1ccc(C2CNCCC2(F)F)cn1Cc1ccccc1. The number of hydrogen-bond acceptors (Lipinski definition) is 2. The molecule has 1 atom stereocenters. The molecule has 0 spiro atoms. The zero-order valence-corrected chi connectivity index (χ0v) is 12.1. The Morgan fingerprint density at radius 2 is 1.95 bits per heavy atom. The minimum atomic E-state index is -2.74. The van der Waals surface area contributed by atoms with E-state index < -0.39 is 11.8 Å². The summed E-state index contributed by atoms with van der Waals surface area (Å²) >= 11 is 0. The first-order valence-corrected chi connectivity index (χ1v) is 7.39. The Labute approximate surface area is 127 Å². The molecule has 0 amide bonds. The highest BCUT2D eigenvalue weighted by Crippen LogP contribution is 2.37. The molecule has 1 aliphatic rings. The summed E-state index contributed by atoms with van der Waals surface area (Å²) in [4.78, 5) is 12.0. The summed E-state index contributed by atoms with van der Waals surface area (Å²) in [7, 11) is 0. The maximum atomic E-state index is 14.1. The van der Waals surface area contributed by atoms with E-state index in [4.69, 9.17) is 0 Å². The molecule has 1 saturated heterocycles. The predicted molar refractivity (Wildman–Crippen MR) is 81.4 cm³/mol. The molecule has 2 heterocycles. The van der Waals surface area contributed by atoms with Gasteiger partial charge in [-0.2, -0.15) is 0 Å². The van der Waals surface area contributed by atoms with Crippen LogP contribution in [0.5, 0.6) is 0 Å². The van der Waals surface area contributed by atoms with Gasteiger partial charge in [0.05, 0.1) is 12.5 Å². The number of alkyl halides is 2. The van der Waals surface area contributed by atoms with Crippen molar-refractivity contribution < 1.29 is 8.78 Å². The largest absolute Gasteiger partial charge is 0.316 e. The van der Waals surface area contributed by atoms with E-state index in [9.17, 15) is 13.6 Å². The number of piperidine rings is 1. The summed E-state index contributed by atoms with van der Waals surface area (Å²) in [5, 5.41) is 3.01. The average Bonchev–Trinajstić information content (AvgIpc) is 2.50. The van der Waals surface area contributed by atoms with Gasteiger partial charge in [-0.25, -0.2) is 8.78 Å². The van der Waals surface area contributed by atoms with Crippen LogP contribution in [-0.4, -0.2) is 23.6 Å². The van der Waals surface area contributed by atoms with Crippen molar-refractivity contribution in [3.63, 3.8) is 0 Å². The summed E-state index contributed by atoms with van der Waals surface area (Å²) in [6, 6.07) is 12.4. The fourth-order valence-corrected chi connectivity index (χ4v) is 2.85. The second-order valence-electron chi connectivity index (χ2n) is 5.68. The van der Waals surface area contributed by atoms with E-state index in [1.54, 1.807) is 6.20 Å². The fourth-order valence-electron chi connectivity index (χ4n) is 2.85. The Hall–Kier alpha value is -2.01. The lowest BCUT2D eigenvalue weighted by atomic mass is 9.89. The lowest BCUT2D eigenvalue weighted by molar-refractivity contribution is -0.0481. The van der Waals surface area contributed by atoms with E-state index in [1.165, 1.54) is 16.7 Å². The Morgan fingerprint density at radius 3 is 2.68 bits per heavy atom. The Morgan fingerprint density at radius 1 is 1.18 bits per heavy atom. The van der Waals surface area contributed by atoms with Crippen molar-refractivity contribution in [1.82, 2.24) is 9.88 Å². The van der Waals surface area contributed by atoms with Crippen LogP contribution in [0, 0.1) is 0 Å². The number of nitrogens with one attached hydrogen (secondary N) is 1. The van der Waals surface area contributed by atoms with Crippen LogP contribution in [0.3, 0.4) is 0 Å². The molecule has 1 aromatic carbocycles. The van der Waals surface area contributed by atoms with Gasteiger partial charge in [-0.3, -0.25) is 4.79 Å². The maximum Gasteiger partial charge on any atom is 0.257 e. The Balaban J connectivity index is 1.91. The van der Waals surface area contributed by atoms with Gasteiger partial charge in [0.15, 0.2) is 0 Å². The Bertz CT molecular complexity index is 697. The number of benzene rings is 1. The van der Waals surface area contributed by atoms with Crippen LogP contribution in [0.2, 0.25) is 0 Å². The van der Waals surface area contributed by atoms with Crippen molar-refractivity contribution in [2.75, 3.05) is 13.1 Å². The standard InChI is InChI=1S/C17H18F2N2O/c18-17(19)8-9-20-10-15(17)14-6-7-16(22)21(12-14)11-13-4-2-1-3-5-13/h1-7,12,15,20H,8-11H2. The molecule has 116 valence electrons. The smallest absolute Gasteiger partial charge is 0.257 e. The summed E-state index contributed by atoms with van der Waals surface area (Å²) in [5.74, 6) is -3.62. The molecule has 5 heteroatoms. The highest BCUT2D eigenvalue weighted by Gasteiger charge is 2.42. The van der Waals surface area contributed by atoms with Gasteiger partial charge in [0.1, 0.15) is 0 Å². The summed E-state index contributed by atoms with van der Waals surface area (Å²) < 4.78 is 29.7. The second kappa shape index (κ2) is 6.01. The van der Waals surface area contributed by atoms with Crippen LogP contribution >= 0.6 is 0 Å². The van der Waals surface area contributed by atoms with Gasteiger partial charge in [0.2, 0.25) is 0 Å². The minimum Gasteiger partial charge on any atom is -0.316 e. The van der Waals surface area contributed by atoms with Gasteiger partial charge in [-0.1, -0.05) is 36.4 Å². The van der Waals surface area contributed by atoms with E-state index in [0.717, 1.165) is 5.56 Å². The summed E-state index contributed by atoms with van der Waals surface area (Å²) in [5.41, 5.74) is 1.29. The normalized spacial score (nSPS) is 20.7. The molecular weight excluding hydrogens is 286 g/mol. The van der Waals surface area contributed by atoms with Crippen molar-refractivity contribution in [1.29, 1.82) is 0 Å². The molecule has 1 unspecified atom stereocenters. The van der Waals surface area contributed by atoms with Crippen LogP contribution < -0.4 is 10.9 Å². The van der Waals surface area contributed by atoms with Crippen molar-refractivity contribution in [3.8, 4) is 0 Å². The van der Waals surface area contributed by atoms with Crippen molar-refractivity contribution in [3.05, 3.63) is 70.1 Å². The second-order valence-corrected chi connectivity index (χ2v) is 5.68. The molecule has 1 aromatic heterocycles. The van der Waals surface area contributed by atoms with Crippen LogP contribution in [-0.2, 0) is 6.54 Å². The number of nitrogens with zero attached hydrogens (tertiary/aromatic N) is 1. The summed E-state index contributed by atoms with van der Waals surface area (Å²) in [6.45, 7) is 0.947. The Kier molecular flexibility index (Phi) is 4.07. The van der Waals surface area contributed by atoms with E-state index in [2.05, 4.69) is 5.32 Å². The number of rotatable bonds is 3. The van der Waals surface area contributed by atoms with Crippen molar-refractivity contribution in [2.24, 2.45) is 0 Å². The van der Waals surface area contributed by atoms with Crippen LogP contribution in [0.1, 0.15) is 23.5 Å². The van der Waals surface area contributed by atoms with Crippen LogP contribution in [0.15, 0.2) is 53.5 Å². The molecule has 0 bridgehead atoms. The number of hydrogen-bond donors (Lipinski definition) is 1. The zero-order valence-electron chi connectivity index (χ0n) is 12.1. The predicted octanol–water partition coefficient (Wildman–Crippen LogP) is 2.61.